The van der Waals surface area contributed by atoms with Crippen LogP contribution < -0.4 is 10.6 Å². The van der Waals surface area contributed by atoms with E-state index >= 15 is 0 Å². The fraction of sp³-hybridized carbons (Fsp3) is 0.474. The predicted molar refractivity (Wildman–Crippen MR) is 94.1 cm³/mol. The van der Waals surface area contributed by atoms with E-state index in [9.17, 15) is 4.79 Å². The first kappa shape index (κ1) is 17.5. The number of urea groups is 1. The van der Waals surface area contributed by atoms with Crippen molar-refractivity contribution in [3.63, 3.8) is 0 Å². The quantitative estimate of drug-likeness (QED) is 0.874. The summed E-state index contributed by atoms with van der Waals surface area (Å²) in [6.45, 7) is 5.61. The van der Waals surface area contributed by atoms with E-state index in [-0.39, 0.29) is 18.1 Å². The summed E-state index contributed by atoms with van der Waals surface area (Å²) in [6, 6.07) is 10.0. The second-order valence-corrected chi connectivity index (χ2v) is 6.60. The van der Waals surface area contributed by atoms with E-state index in [1.54, 1.807) is 0 Å². The molecule has 6 heteroatoms. The van der Waals surface area contributed by atoms with Gasteiger partial charge >= 0.3 is 6.03 Å². The monoisotopic (exact) mass is 343 g/mol. The minimum Gasteiger partial charge on any atom is -0.373 e. The first-order valence-electron chi connectivity index (χ1n) is 8.74. The number of carbonyl (C=O) groups excluding carboxylic acids is 1. The lowest BCUT2D eigenvalue weighted by atomic mass is 9.89. The van der Waals surface area contributed by atoms with E-state index in [1.807, 2.05) is 13.0 Å². The summed E-state index contributed by atoms with van der Waals surface area (Å²) in [7, 11) is 0. The zero-order valence-electron chi connectivity index (χ0n) is 14.7. The zero-order chi connectivity index (χ0) is 17.6. The fourth-order valence-corrected chi connectivity index (χ4v) is 3.14. The maximum Gasteiger partial charge on any atom is 0.315 e. The van der Waals surface area contributed by atoms with E-state index in [4.69, 9.17) is 9.26 Å². The highest BCUT2D eigenvalue weighted by molar-refractivity contribution is 5.73. The van der Waals surface area contributed by atoms with Crippen LogP contribution in [0.3, 0.4) is 0 Å². The molecule has 2 atom stereocenters. The van der Waals surface area contributed by atoms with E-state index in [2.05, 4.69) is 47.0 Å². The van der Waals surface area contributed by atoms with Crippen molar-refractivity contribution in [3.8, 4) is 0 Å². The average Bonchev–Trinajstić information content (AvgIpc) is 3.04. The van der Waals surface area contributed by atoms with Crippen molar-refractivity contribution >= 4 is 6.03 Å². The van der Waals surface area contributed by atoms with Gasteiger partial charge in [0, 0.05) is 25.1 Å². The third-order valence-corrected chi connectivity index (χ3v) is 4.48. The van der Waals surface area contributed by atoms with Gasteiger partial charge in [0.05, 0.1) is 12.6 Å². The van der Waals surface area contributed by atoms with Crippen LogP contribution in [0, 0.1) is 19.8 Å². The predicted octanol–water partition coefficient (Wildman–Crippen LogP) is 3.26. The molecule has 1 saturated heterocycles. The number of amides is 2. The highest BCUT2D eigenvalue weighted by atomic mass is 16.5. The van der Waals surface area contributed by atoms with Crippen molar-refractivity contribution < 1.29 is 14.1 Å². The van der Waals surface area contributed by atoms with Gasteiger partial charge in [-0.1, -0.05) is 35.0 Å². The number of hydrogen-bond donors (Lipinski definition) is 2. The second kappa shape index (κ2) is 8.16. The molecule has 3 rings (SSSR count). The van der Waals surface area contributed by atoms with Gasteiger partial charge in [-0.3, -0.25) is 0 Å². The molecule has 0 unspecified atom stereocenters. The van der Waals surface area contributed by atoms with Crippen LogP contribution in [0.25, 0.3) is 0 Å². The summed E-state index contributed by atoms with van der Waals surface area (Å²) in [5.74, 6) is 1.01. The zero-order valence-corrected chi connectivity index (χ0v) is 14.7. The molecule has 0 saturated carbocycles. The Morgan fingerprint density at radius 1 is 1.24 bits per heavy atom. The summed E-state index contributed by atoms with van der Waals surface area (Å²) in [5.41, 5.74) is 3.12. The third kappa shape index (κ3) is 4.82. The SMILES string of the molecule is Cc1ccc([C@H]2OCCC[C@H]2CNC(=O)NCc2cc(C)on2)cc1. The number of aromatic nitrogens is 1. The summed E-state index contributed by atoms with van der Waals surface area (Å²) in [6.07, 6.45) is 2.10. The molecule has 0 radical (unpaired) electrons. The molecule has 1 fully saturated rings. The van der Waals surface area contributed by atoms with Crippen LogP contribution in [0.15, 0.2) is 34.9 Å². The van der Waals surface area contributed by atoms with E-state index in [0.29, 0.717) is 18.8 Å². The van der Waals surface area contributed by atoms with Gasteiger partial charge in [0.15, 0.2) is 0 Å². The Kier molecular flexibility index (Phi) is 5.71. The Bertz CT molecular complexity index is 696. The second-order valence-electron chi connectivity index (χ2n) is 6.60. The first-order valence-corrected chi connectivity index (χ1v) is 8.74. The summed E-state index contributed by atoms with van der Waals surface area (Å²) >= 11 is 0. The van der Waals surface area contributed by atoms with Gasteiger partial charge in [-0.2, -0.15) is 0 Å². The lowest BCUT2D eigenvalue weighted by Crippen LogP contribution is -2.40. The Morgan fingerprint density at radius 3 is 2.76 bits per heavy atom. The molecule has 6 nitrogen and oxygen atoms in total. The van der Waals surface area contributed by atoms with Crippen LogP contribution in [0.1, 0.15) is 41.5 Å². The molecule has 1 aromatic carbocycles. The molecule has 134 valence electrons. The first-order chi connectivity index (χ1) is 12.1. The third-order valence-electron chi connectivity index (χ3n) is 4.48. The molecular weight excluding hydrogens is 318 g/mol. The lowest BCUT2D eigenvalue weighted by molar-refractivity contribution is -0.0269. The van der Waals surface area contributed by atoms with Gasteiger partial charge < -0.3 is 19.9 Å². The molecule has 1 aliphatic rings. The Morgan fingerprint density at radius 2 is 2.04 bits per heavy atom. The van der Waals surface area contributed by atoms with Crippen molar-refractivity contribution in [2.75, 3.05) is 13.2 Å². The van der Waals surface area contributed by atoms with Crippen LogP contribution >= 0.6 is 0 Å². The van der Waals surface area contributed by atoms with Crippen LogP contribution in [0.5, 0.6) is 0 Å². The number of rotatable bonds is 5. The Balaban J connectivity index is 1.51. The largest absolute Gasteiger partial charge is 0.373 e. The van der Waals surface area contributed by atoms with Crippen molar-refractivity contribution in [1.82, 2.24) is 15.8 Å². The van der Waals surface area contributed by atoms with E-state index < -0.39 is 0 Å². The van der Waals surface area contributed by atoms with Crippen molar-refractivity contribution in [2.24, 2.45) is 5.92 Å². The molecule has 2 amide bonds. The van der Waals surface area contributed by atoms with Crippen LogP contribution in [-0.4, -0.2) is 24.3 Å². The minimum atomic E-state index is -0.200. The van der Waals surface area contributed by atoms with Crippen LogP contribution in [-0.2, 0) is 11.3 Å². The van der Waals surface area contributed by atoms with Crippen molar-refractivity contribution in [1.29, 1.82) is 0 Å². The lowest BCUT2D eigenvalue weighted by Gasteiger charge is -2.32. The highest BCUT2D eigenvalue weighted by Gasteiger charge is 2.27. The highest BCUT2D eigenvalue weighted by Crippen LogP contribution is 2.33. The number of nitrogens with one attached hydrogen (secondary N) is 2. The normalized spacial score (nSPS) is 20.2. The molecule has 1 aromatic heterocycles. The number of ether oxygens (including phenoxy) is 1. The Hall–Kier alpha value is -2.34. The molecule has 0 spiro atoms. The van der Waals surface area contributed by atoms with Gasteiger partial charge in [-0.25, -0.2) is 4.79 Å². The van der Waals surface area contributed by atoms with Crippen molar-refractivity contribution in [3.05, 3.63) is 52.9 Å². The molecule has 2 N–H and O–H groups in total. The number of carbonyl (C=O) groups is 1. The summed E-state index contributed by atoms with van der Waals surface area (Å²) < 4.78 is 11.0. The number of hydrogen-bond acceptors (Lipinski definition) is 4. The molecule has 0 aliphatic carbocycles. The van der Waals surface area contributed by atoms with Gasteiger partial charge in [-0.15, -0.1) is 0 Å². The number of benzene rings is 1. The summed E-state index contributed by atoms with van der Waals surface area (Å²) in [4.78, 5) is 12.0. The van der Waals surface area contributed by atoms with Gasteiger partial charge in [0.2, 0.25) is 0 Å². The topological polar surface area (TPSA) is 76.4 Å². The van der Waals surface area contributed by atoms with Crippen LogP contribution in [0.4, 0.5) is 4.79 Å². The summed E-state index contributed by atoms with van der Waals surface area (Å²) in [5, 5.41) is 9.61. The van der Waals surface area contributed by atoms with Crippen LogP contribution in [0.2, 0.25) is 0 Å². The molecule has 2 heterocycles. The van der Waals surface area contributed by atoms with Gasteiger partial charge in [0.1, 0.15) is 11.5 Å². The van der Waals surface area contributed by atoms with Gasteiger partial charge in [0.25, 0.3) is 0 Å². The average molecular weight is 343 g/mol. The molecule has 2 aromatic rings. The number of aryl methyl sites for hydroxylation is 2. The molecule has 0 bridgehead atoms. The van der Waals surface area contributed by atoms with E-state index in [1.165, 1.54) is 11.1 Å². The van der Waals surface area contributed by atoms with Crippen molar-refractivity contribution in [2.45, 2.75) is 39.3 Å². The smallest absolute Gasteiger partial charge is 0.315 e. The number of nitrogens with zero attached hydrogens (tertiary/aromatic N) is 1. The molecule has 25 heavy (non-hydrogen) atoms. The maximum atomic E-state index is 12.0. The molecule has 1 aliphatic heterocycles. The van der Waals surface area contributed by atoms with E-state index in [0.717, 1.165) is 25.2 Å². The molecular formula is C19H25N3O3. The standard InChI is InChI=1S/C19H25N3O3/c1-13-5-7-15(8-6-13)18-16(4-3-9-24-18)11-20-19(23)21-12-17-10-14(2)25-22-17/h5-8,10,16,18H,3-4,9,11-12H2,1-2H3,(H2,20,21,23)/t16-,18+/m0/s1. The Labute approximate surface area is 147 Å². The van der Waals surface area contributed by atoms with Gasteiger partial charge in [-0.05, 0) is 32.3 Å². The maximum absolute atomic E-state index is 12.0. The minimum absolute atomic E-state index is 0.0350. The fourth-order valence-electron chi connectivity index (χ4n) is 3.14.